The molecule has 20 heavy (non-hydrogen) atoms. The largest absolute Gasteiger partial charge is 0.444 e. The van der Waals surface area contributed by atoms with Crippen molar-refractivity contribution >= 4 is 17.4 Å². The van der Waals surface area contributed by atoms with Crippen LogP contribution in [0.3, 0.4) is 0 Å². The minimum atomic E-state index is -0.481. The fourth-order valence-corrected chi connectivity index (χ4v) is 2.48. The standard InChI is InChI=1S/C14H25N3O2S/c1-14(2,3)19-13(18)16-9-11(8-15)17(4)10-12-6-5-7-20-12/h5-7,11H,8-10,15H2,1-4H3,(H,16,18). The van der Waals surface area contributed by atoms with Gasteiger partial charge >= 0.3 is 6.09 Å². The van der Waals surface area contributed by atoms with Crippen LogP contribution in [0.1, 0.15) is 25.6 Å². The Balaban J connectivity index is 2.40. The minimum Gasteiger partial charge on any atom is -0.444 e. The molecule has 3 N–H and O–H groups in total. The van der Waals surface area contributed by atoms with Crippen LogP contribution in [0.15, 0.2) is 17.5 Å². The summed E-state index contributed by atoms with van der Waals surface area (Å²) < 4.78 is 5.21. The lowest BCUT2D eigenvalue weighted by molar-refractivity contribution is 0.0511. The smallest absolute Gasteiger partial charge is 0.407 e. The van der Waals surface area contributed by atoms with E-state index in [-0.39, 0.29) is 6.04 Å². The van der Waals surface area contributed by atoms with Crippen molar-refractivity contribution in [3.63, 3.8) is 0 Å². The molecule has 0 fully saturated rings. The van der Waals surface area contributed by atoms with Crippen molar-refractivity contribution < 1.29 is 9.53 Å². The van der Waals surface area contributed by atoms with Crippen molar-refractivity contribution in [2.24, 2.45) is 5.73 Å². The summed E-state index contributed by atoms with van der Waals surface area (Å²) in [6.07, 6.45) is -0.402. The number of nitrogens with one attached hydrogen (secondary N) is 1. The number of nitrogens with zero attached hydrogens (tertiary/aromatic N) is 1. The molecule has 0 radical (unpaired) electrons. The van der Waals surface area contributed by atoms with E-state index in [0.717, 1.165) is 6.54 Å². The molecule has 5 nitrogen and oxygen atoms in total. The molecule has 1 unspecified atom stereocenters. The van der Waals surface area contributed by atoms with Crippen LogP contribution in [0.2, 0.25) is 0 Å². The number of amides is 1. The zero-order chi connectivity index (χ0) is 15.2. The van der Waals surface area contributed by atoms with Gasteiger partial charge in [-0.15, -0.1) is 11.3 Å². The second-order valence-corrected chi connectivity index (χ2v) is 6.80. The number of alkyl carbamates (subject to hydrolysis) is 1. The molecular weight excluding hydrogens is 274 g/mol. The van der Waals surface area contributed by atoms with Crippen LogP contribution >= 0.6 is 11.3 Å². The quantitative estimate of drug-likeness (QED) is 0.843. The van der Waals surface area contributed by atoms with E-state index in [0.29, 0.717) is 13.1 Å². The highest BCUT2D eigenvalue weighted by Crippen LogP contribution is 2.12. The highest BCUT2D eigenvalue weighted by molar-refractivity contribution is 7.09. The molecule has 0 saturated carbocycles. The first-order valence-electron chi connectivity index (χ1n) is 6.71. The monoisotopic (exact) mass is 299 g/mol. The van der Waals surface area contributed by atoms with E-state index < -0.39 is 11.7 Å². The van der Waals surface area contributed by atoms with Crippen molar-refractivity contribution in [2.75, 3.05) is 20.1 Å². The molecule has 0 spiro atoms. The summed E-state index contributed by atoms with van der Waals surface area (Å²) in [6.45, 7) is 7.32. The van der Waals surface area contributed by atoms with Crippen molar-refractivity contribution in [3.8, 4) is 0 Å². The molecule has 1 heterocycles. The fourth-order valence-electron chi connectivity index (χ4n) is 1.71. The SMILES string of the molecule is CN(Cc1cccs1)C(CN)CNC(=O)OC(C)(C)C. The second-order valence-electron chi connectivity index (χ2n) is 5.77. The topological polar surface area (TPSA) is 67.6 Å². The summed E-state index contributed by atoms with van der Waals surface area (Å²) in [5.41, 5.74) is 5.30. The maximum atomic E-state index is 11.6. The van der Waals surface area contributed by atoms with Gasteiger partial charge in [-0.3, -0.25) is 4.90 Å². The Morgan fingerprint density at radius 1 is 1.55 bits per heavy atom. The highest BCUT2D eigenvalue weighted by Gasteiger charge is 2.19. The summed E-state index contributed by atoms with van der Waals surface area (Å²) in [5.74, 6) is 0. The Morgan fingerprint density at radius 3 is 2.75 bits per heavy atom. The van der Waals surface area contributed by atoms with Crippen LogP contribution in [0.25, 0.3) is 0 Å². The number of thiophene rings is 1. The summed E-state index contributed by atoms with van der Waals surface area (Å²) in [6, 6.07) is 4.21. The number of hydrogen-bond donors (Lipinski definition) is 2. The number of likely N-dealkylation sites (N-methyl/N-ethyl adjacent to an activating group) is 1. The number of rotatable bonds is 6. The van der Waals surface area contributed by atoms with Crippen molar-refractivity contribution in [1.82, 2.24) is 10.2 Å². The fraction of sp³-hybridized carbons (Fsp3) is 0.643. The molecule has 1 rings (SSSR count). The van der Waals surface area contributed by atoms with Gasteiger partial charge in [-0.25, -0.2) is 4.79 Å². The maximum Gasteiger partial charge on any atom is 0.407 e. The third kappa shape index (κ3) is 6.36. The lowest BCUT2D eigenvalue weighted by atomic mass is 10.2. The van der Waals surface area contributed by atoms with E-state index in [9.17, 15) is 4.79 Å². The van der Waals surface area contributed by atoms with E-state index in [2.05, 4.69) is 21.7 Å². The average Bonchev–Trinajstić information content (AvgIpc) is 2.80. The molecule has 0 bridgehead atoms. The van der Waals surface area contributed by atoms with Crippen LogP contribution in [-0.4, -0.2) is 42.8 Å². The molecule has 1 aromatic heterocycles. The molecule has 0 aromatic carbocycles. The van der Waals surface area contributed by atoms with Gasteiger partial charge in [0.05, 0.1) is 0 Å². The Kier molecular flexibility index (Phi) is 6.45. The van der Waals surface area contributed by atoms with Crippen LogP contribution in [0.5, 0.6) is 0 Å². The third-order valence-corrected chi connectivity index (χ3v) is 3.62. The van der Waals surface area contributed by atoms with Gasteiger partial charge in [0, 0.05) is 30.6 Å². The molecule has 114 valence electrons. The van der Waals surface area contributed by atoms with Gasteiger partial charge in [-0.05, 0) is 39.3 Å². The van der Waals surface area contributed by atoms with Gasteiger partial charge < -0.3 is 15.8 Å². The van der Waals surface area contributed by atoms with Crippen molar-refractivity contribution in [1.29, 1.82) is 0 Å². The normalized spacial score (nSPS) is 13.3. The van der Waals surface area contributed by atoms with E-state index in [4.69, 9.17) is 10.5 Å². The van der Waals surface area contributed by atoms with E-state index in [1.54, 1.807) is 11.3 Å². The van der Waals surface area contributed by atoms with Crippen molar-refractivity contribution in [3.05, 3.63) is 22.4 Å². The van der Waals surface area contributed by atoms with Gasteiger partial charge in [0.1, 0.15) is 5.60 Å². The number of carbonyl (C=O) groups is 1. The predicted molar refractivity (Wildman–Crippen MR) is 82.9 cm³/mol. The van der Waals surface area contributed by atoms with E-state index in [1.807, 2.05) is 33.9 Å². The van der Waals surface area contributed by atoms with E-state index in [1.165, 1.54) is 4.88 Å². The first kappa shape index (κ1) is 16.9. The molecule has 0 aliphatic carbocycles. The second kappa shape index (κ2) is 7.61. The Hall–Kier alpha value is -1.11. The zero-order valence-electron chi connectivity index (χ0n) is 12.7. The average molecular weight is 299 g/mol. The van der Waals surface area contributed by atoms with Gasteiger partial charge in [-0.2, -0.15) is 0 Å². The maximum absolute atomic E-state index is 11.6. The molecule has 1 aromatic rings. The molecule has 0 aliphatic heterocycles. The third-order valence-electron chi connectivity index (χ3n) is 2.76. The molecular formula is C14H25N3O2S. The summed E-state index contributed by atoms with van der Waals surface area (Å²) in [4.78, 5) is 15.1. The minimum absolute atomic E-state index is 0.0876. The Labute approximate surface area is 125 Å². The van der Waals surface area contributed by atoms with Gasteiger partial charge in [0.15, 0.2) is 0 Å². The van der Waals surface area contributed by atoms with Crippen LogP contribution in [0, 0.1) is 0 Å². The summed E-state index contributed by atoms with van der Waals surface area (Å²) in [5, 5.41) is 4.83. The molecule has 0 saturated heterocycles. The first-order valence-corrected chi connectivity index (χ1v) is 7.59. The summed E-state index contributed by atoms with van der Waals surface area (Å²) >= 11 is 1.72. The van der Waals surface area contributed by atoms with Gasteiger partial charge in [-0.1, -0.05) is 6.07 Å². The lowest BCUT2D eigenvalue weighted by Gasteiger charge is -2.27. The number of nitrogens with two attached hydrogens (primary N) is 1. The number of ether oxygens (including phenoxy) is 1. The van der Waals surface area contributed by atoms with Crippen LogP contribution < -0.4 is 11.1 Å². The van der Waals surface area contributed by atoms with E-state index >= 15 is 0 Å². The Bertz CT molecular complexity index is 401. The number of carbonyl (C=O) groups excluding carboxylic acids is 1. The number of hydrogen-bond acceptors (Lipinski definition) is 5. The van der Waals surface area contributed by atoms with Crippen LogP contribution in [-0.2, 0) is 11.3 Å². The molecule has 0 aliphatic rings. The van der Waals surface area contributed by atoms with Crippen molar-refractivity contribution in [2.45, 2.75) is 39.0 Å². The molecule has 6 heteroatoms. The zero-order valence-corrected chi connectivity index (χ0v) is 13.5. The predicted octanol–water partition coefficient (Wildman–Crippen LogP) is 2.03. The highest BCUT2D eigenvalue weighted by atomic mass is 32.1. The molecule has 1 amide bonds. The molecule has 1 atom stereocenters. The summed E-state index contributed by atoms with van der Waals surface area (Å²) in [7, 11) is 2.01. The Morgan fingerprint density at radius 2 is 2.25 bits per heavy atom. The lowest BCUT2D eigenvalue weighted by Crippen LogP contribution is -2.46. The first-order chi connectivity index (χ1) is 9.31. The van der Waals surface area contributed by atoms with Gasteiger partial charge in [0.25, 0.3) is 0 Å². The van der Waals surface area contributed by atoms with Gasteiger partial charge in [0.2, 0.25) is 0 Å². The van der Waals surface area contributed by atoms with Crippen LogP contribution in [0.4, 0.5) is 4.79 Å².